The Labute approximate surface area is 76.5 Å². The Bertz CT molecular complexity index is 283. The zero-order valence-corrected chi connectivity index (χ0v) is 7.31. The van der Waals surface area contributed by atoms with Gasteiger partial charge in [0.2, 0.25) is 0 Å². The lowest BCUT2D eigenvalue weighted by atomic mass is 10.3. The van der Waals surface area contributed by atoms with Crippen LogP contribution >= 0.6 is 0 Å². The fraction of sp³-hybridized carbons (Fsp3) is 0.222. The van der Waals surface area contributed by atoms with Gasteiger partial charge in [0.1, 0.15) is 0 Å². The number of para-hydroxylation sites is 1. The van der Waals surface area contributed by atoms with Gasteiger partial charge in [-0.2, -0.15) is 5.10 Å². The quantitative estimate of drug-likeness (QED) is 0.366. The van der Waals surface area contributed by atoms with Gasteiger partial charge in [-0.3, -0.25) is 5.43 Å². The van der Waals surface area contributed by atoms with E-state index >= 15 is 0 Å². The number of nitrogens with one attached hydrogen (secondary N) is 1. The zero-order chi connectivity index (χ0) is 9.68. The van der Waals surface area contributed by atoms with Gasteiger partial charge in [-0.25, -0.2) is 0 Å². The molecule has 1 aromatic carbocycles. The molecule has 0 spiro atoms. The van der Waals surface area contributed by atoms with Crippen LogP contribution in [0.2, 0.25) is 0 Å². The van der Waals surface area contributed by atoms with Gasteiger partial charge in [0, 0.05) is 0 Å². The summed E-state index contributed by atoms with van der Waals surface area (Å²) >= 11 is 0. The van der Waals surface area contributed by atoms with Crippen LogP contribution in [-0.2, 0) is 0 Å². The van der Waals surface area contributed by atoms with Crippen molar-refractivity contribution in [2.45, 2.75) is 13.2 Å². The first-order chi connectivity index (χ1) is 6.20. The van der Waals surface area contributed by atoms with Gasteiger partial charge in [-0.15, -0.1) is 0 Å². The standard InChI is InChI=1S/C9H12N2O2/c1-7(9(12)13)10-11-8-5-3-2-4-6-8/h2-6,9,11-13H,1H3/b10-7+. The van der Waals surface area contributed by atoms with E-state index in [0.717, 1.165) is 5.69 Å². The molecule has 0 aliphatic carbocycles. The third-order valence-corrected chi connectivity index (χ3v) is 1.51. The van der Waals surface area contributed by atoms with Crippen LogP contribution < -0.4 is 5.43 Å². The number of benzene rings is 1. The minimum atomic E-state index is -1.50. The lowest BCUT2D eigenvalue weighted by molar-refractivity contribution is 0.0191. The van der Waals surface area contributed by atoms with E-state index < -0.39 is 6.29 Å². The van der Waals surface area contributed by atoms with Crippen molar-refractivity contribution in [3.05, 3.63) is 30.3 Å². The van der Waals surface area contributed by atoms with E-state index in [1.807, 2.05) is 30.3 Å². The first kappa shape index (κ1) is 9.70. The highest BCUT2D eigenvalue weighted by Gasteiger charge is 2.00. The van der Waals surface area contributed by atoms with E-state index in [0.29, 0.717) is 0 Å². The maximum absolute atomic E-state index is 8.68. The van der Waals surface area contributed by atoms with Gasteiger partial charge in [0.05, 0.1) is 11.4 Å². The number of anilines is 1. The van der Waals surface area contributed by atoms with E-state index in [-0.39, 0.29) is 5.71 Å². The molecule has 13 heavy (non-hydrogen) atoms. The first-order valence-corrected chi connectivity index (χ1v) is 3.91. The summed E-state index contributed by atoms with van der Waals surface area (Å²) in [6, 6.07) is 9.29. The topological polar surface area (TPSA) is 64.9 Å². The van der Waals surface area contributed by atoms with E-state index in [4.69, 9.17) is 10.2 Å². The Morgan fingerprint density at radius 2 is 1.92 bits per heavy atom. The molecule has 0 radical (unpaired) electrons. The number of aliphatic hydroxyl groups excluding tert-OH is 1. The highest BCUT2D eigenvalue weighted by Crippen LogP contribution is 2.04. The van der Waals surface area contributed by atoms with Crippen molar-refractivity contribution in [3.63, 3.8) is 0 Å². The molecule has 0 saturated heterocycles. The van der Waals surface area contributed by atoms with Crippen LogP contribution in [0.15, 0.2) is 35.4 Å². The molecule has 0 unspecified atom stereocenters. The van der Waals surface area contributed by atoms with Crippen molar-refractivity contribution in [3.8, 4) is 0 Å². The molecule has 1 rings (SSSR count). The van der Waals surface area contributed by atoms with E-state index in [2.05, 4.69) is 10.5 Å². The summed E-state index contributed by atoms with van der Waals surface area (Å²) in [4.78, 5) is 0. The van der Waals surface area contributed by atoms with Crippen molar-refractivity contribution in [1.82, 2.24) is 0 Å². The molecule has 4 nitrogen and oxygen atoms in total. The Kier molecular flexibility index (Phi) is 3.42. The largest absolute Gasteiger partial charge is 0.363 e. The maximum Gasteiger partial charge on any atom is 0.193 e. The molecular formula is C9H12N2O2. The van der Waals surface area contributed by atoms with Gasteiger partial charge in [-0.05, 0) is 19.1 Å². The second-order valence-electron chi connectivity index (χ2n) is 2.60. The third kappa shape index (κ3) is 3.23. The van der Waals surface area contributed by atoms with Gasteiger partial charge >= 0.3 is 0 Å². The normalized spacial score (nSPS) is 11.8. The predicted octanol–water partition coefficient (Wildman–Crippen LogP) is 0.785. The van der Waals surface area contributed by atoms with Crippen LogP contribution in [-0.4, -0.2) is 22.2 Å². The fourth-order valence-electron chi connectivity index (χ4n) is 0.723. The van der Waals surface area contributed by atoms with Crippen LogP contribution in [0.4, 0.5) is 5.69 Å². The van der Waals surface area contributed by atoms with Crippen molar-refractivity contribution in [2.24, 2.45) is 5.10 Å². The molecule has 1 aromatic rings. The molecule has 0 aliphatic heterocycles. The van der Waals surface area contributed by atoms with E-state index in [1.54, 1.807) is 0 Å². The monoisotopic (exact) mass is 180 g/mol. The predicted molar refractivity (Wildman–Crippen MR) is 51.4 cm³/mol. The average Bonchev–Trinajstić information content (AvgIpc) is 2.15. The highest BCUT2D eigenvalue weighted by atomic mass is 16.5. The lowest BCUT2D eigenvalue weighted by Gasteiger charge is -2.03. The summed E-state index contributed by atoms with van der Waals surface area (Å²) in [5.41, 5.74) is 3.73. The molecule has 0 fully saturated rings. The number of nitrogens with zero attached hydrogens (tertiary/aromatic N) is 1. The smallest absolute Gasteiger partial charge is 0.193 e. The minimum Gasteiger partial charge on any atom is -0.363 e. The lowest BCUT2D eigenvalue weighted by Crippen LogP contribution is -2.17. The van der Waals surface area contributed by atoms with Gasteiger partial charge in [-0.1, -0.05) is 18.2 Å². The summed E-state index contributed by atoms with van der Waals surface area (Å²) in [5, 5.41) is 21.1. The molecular weight excluding hydrogens is 168 g/mol. The number of hydrogen-bond acceptors (Lipinski definition) is 4. The maximum atomic E-state index is 8.68. The van der Waals surface area contributed by atoms with Crippen LogP contribution in [0.25, 0.3) is 0 Å². The molecule has 4 heteroatoms. The summed E-state index contributed by atoms with van der Waals surface area (Å²) in [5.74, 6) is 0. The Morgan fingerprint density at radius 3 is 2.46 bits per heavy atom. The number of aliphatic hydroxyl groups is 2. The van der Waals surface area contributed by atoms with Crippen molar-refractivity contribution >= 4 is 11.4 Å². The second kappa shape index (κ2) is 4.59. The van der Waals surface area contributed by atoms with Crippen LogP contribution in [0.3, 0.4) is 0 Å². The zero-order valence-electron chi connectivity index (χ0n) is 7.31. The van der Waals surface area contributed by atoms with Crippen LogP contribution in [0.1, 0.15) is 6.92 Å². The van der Waals surface area contributed by atoms with Crippen molar-refractivity contribution in [2.75, 3.05) is 5.43 Å². The number of hydrogen-bond donors (Lipinski definition) is 3. The highest BCUT2D eigenvalue weighted by molar-refractivity contribution is 5.85. The molecule has 0 amide bonds. The van der Waals surface area contributed by atoms with Crippen LogP contribution in [0.5, 0.6) is 0 Å². The molecule has 0 heterocycles. The summed E-state index contributed by atoms with van der Waals surface area (Å²) in [6.07, 6.45) is -1.50. The molecule has 0 atom stereocenters. The third-order valence-electron chi connectivity index (χ3n) is 1.51. The van der Waals surface area contributed by atoms with Crippen LogP contribution in [0, 0.1) is 0 Å². The summed E-state index contributed by atoms with van der Waals surface area (Å²) < 4.78 is 0. The van der Waals surface area contributed by atoms with Crippen molar-refractivity contribution in [1.29, 1.82) is 0 Å². The Balaban J connectivity index is 2.57. The Hall–Kier alpha value is -1.39. The SMILES string of the molecule is C/C(=N\Nc1ccccc1)C(O)O. The molecule has 3 N–H and O–H groups in total. The number of rotatable bonds is 3. The summed E-state index contributed by atoms with van der Waals surface area (Å²) in [7, 11) is 0. The Morgan fingerprint density at radius 1 is 1.31 bits per heavy atom. The minimum absolute atomic E-state index is 0.226. The second-order valence-corrected chi connectivity index (χ2v) is 2.60. The molecule has 0 saturated carbocycles. The van der Waals surface area contributed by atoms with Crippen molar-refractivity contribution < 1.29 is 10.2 Å². The molecule has 70 valence electrons. The summed E-state index contributed by atoms with van der Waals surface area (Å²) in [6.45, 7) is 1.53. The van der Waals surface area contributed by atoms with Gasteiger partial charge in [0.15, 0.2) is 6.29 Å². The number of hydrazone groups is 1. The van der Waals surface area contributed by atoms with Gasteiger partial charge < -0.3 is 10.2 Å². The molecule has 0 bridgehead atoms. The van der Waals surface area contributed by atoms with Gasteiger partial charge in [0.25, 0.3) is 0 Å². The average molecular weight is 180 g/mol. The molecule has 0 aliphatic rings. The van der Waals surface area contributed by atoms with E-state index in [1.165, 1.54) is 6.92 Å². The first-order valence-electron chi connectivity index (χ1n) is 3.91. The molecule has 0 aromatic heterocycles. The fourth-order valence-corrected chi connectivity index (χ4v) is 0.723. The van der Waals surface area contributed by atoms with E-state index in [9.17, 15) is 0 Å².